The highest BCUT2D eigenvalue weighted by Gasteiger charge is 2.29. The van der Waals surface area contributed by atoms with Crippen LogP contribution in [0, 0.1) is 0 Å². The van der Waals surface area contributed by atoms with Crippen molar-refractivity contribution in [3.05, 3.63) is 11.8 Å². The van der Waals surface area contributed by atoms with E-state index in [-0.39, 0.29) is 24.2 Å². The van der Waals surface area contributed by atoms with Crippen LogP contribution in [0.25, 0.3) is 0 Å². The lowest BCUT2D eigenvalue weighted by Gasteiger charge is -2.21. The number of carboxylic acids is 1. The molecule has 1 aromatic heterocycles. The predicted molar refractivity (Wildman–Crippen MR) is 87.2 cm³/mol. The maximum Gasteiger partial charge on any atom is 0.328 e. The zero-order valence-corrected chi connectivity index (χ0v) is 14.5. The van der Waals surface area contributed by atoms with E-state index in [4.69, 9.17) is 20.0 Å². The van der Waals surface area contributed by atoms with Gasteiger partial charge in [0, 0.05) is 6.54 Å². The van der Waals surface area contributed by atoms with E-state index < -0.39 is 36.1 Å². The topological polar surface area (TPSA) is 202 Å². The summed E-state index contributed by atoms with van der Waals surface area (Å²) >= 11 is 0. The Morgan fingerprint density at radius 2 is 2.11 bits per heavy atom. The van der Waals surface area contributed by atoms with Gasteiger partial charge < -0.3 is 41.1 Å². The molecule has 0 saturated carbocycles. The molecule has 1 saturated heterocycles. The Kier molecular flexibility index (Phi) is 7.04. The standard InChI is InChI=1S/C14H22N6O7/c1-6(21)10(13(23)24)18-14(25)17-7(4-9(15)22)11-19-20-12(27-11)8-5-26-3-2-16-8/h6-8,10,16,21H,2-5H2,1H3,(H2,15,22)(H,23,24)(H2,17,18,25)/t6?,7-,8-,10-/m0/s1. The Labute approximate surface area is 153 Å². The number of nitrogens with two attached hydrogens (primary N) is 1. The molecular formula is C14H22N6O7. The van der Waals surface area contributed by atoms with E-state index in [1.807, 2.05) is 0 Å². The second kappa shape index (κ2) is 9.25. The Balaban J connectivity index is 2.08. The van der Waals surface area contributed by atoms with Crippen molar-refractivity contribution >= 4 is 17.9 Å². The van der Waals surface area contributed by atoms with Crippen LogP contribution in [-0.4, -0.2) is 70.2 Å². The Morgan fingerprint density at radius 1 is 1.37 bits per heavy atom. The second-order valence-electron chi connectivity index (χ2n) is 5.96. The van der Waals surface area contributed by atoms with Crippen LogP contribution in [0.2, 0.25) is 0 Å². The zero-order chi connectivity index (χ0) is 20.0. The van der Waals surface area contributed by atoms with Gasteiger partial charge in [0.15, 0.2) is 6.04 Å². The summed E-state index contributed by atoms with van der Waals surface area (Å²) in [5.41, 5.74) is 5.19. The van der Waals surface area contributed by atoms with E-state index in [0.29, 0.717) is 19.8 Å². The van der Waals surface area contributed by atoms with Crippen molar-refractivity contribution in [2.45, 2.75) is 37.6 Å². The number of aliphatic hydroxyl groups excluding tert-OH is 1. The van der Waals surface area contributed by atoms with Crippen molar-refractivity contribution in [3.63, 3.8) is 0 Å². The summed E-state index contributed by atoms with van der Waals surface area (Å²) in [5, 5.41) is 33.7. The highest BCUT2D eigenvalue weighted by Crippen LogP contribution is 2.20. The monoisotopic (exact) mass is 386 g/mol. The van der Waals surface area contributed by atoms with Gasteiger partial charge in [-0.25, -0.2) is 9.59 Å². The third-order valence-electron chi connectivity index (χ3n) is 3.72. The van der Waals surface area contributed by atoms with Gasteiger partial charge >= 0.3 is 12.0 Å². The minimum Gasteiger partial charge on any atom is -0.480 e. The van der Waals surface area contributed by atoms with E-state index in [1.54, 1.807) is 0 Å². The van der Waals surface area contributed by atoms with Crippen LogP contribution in [0.1, 0.15) is 37.2 Å². The van der Waals surface area contributed by atoms with Crippen LogP contribution in [0.5, 0.6) is 0 Å². The van der Waals surface area contributed by atoms with Gasteiger partial charge in [-0.05, 0) is 6.92 Å². The van der Waals surface area contributed by atoms with Gasteiger partial charge in [-0.3, -0.25) is 4.79 Å². The van der Waals surface area contributed by atoms with Crippen molar-refractivity contribution in [3.8, 4) is 0 Å². The molecule has 13 nitrogen and oxygen atoms in total. The van der Waals surface area contributed by atoms with Crippen molar-refractivity contribution < 1.29 is 33.8 Å². The number of rotatable bonds is 8. The average molecular weight is 386 g/mol. The molecule has 2 rings (SSSR count). The Hall–Kier alpha value is -2.77. The number of aromatic nitrogens is 2. The summed E-state index contributed by atoms with van der Waals surface area (Å²) in [6, 6.07) is -3.89. The number of aliphatic hydroxyl groups is 1. The van der Waals surface area contributed by atoms with Crippen molar-refractivity contribution in [1.29, 1.82) is 0 Å². The minimum absolute atomic E-state index is 0.0738. The number of primary amides is 1. The maximum absolute atomic E-state index is 12.1. The SMILES string of the molecule is CC(O)[C@H](NC(=O)N[C@@H](CC(N)=O)c1nnc([C@@H]2COCCN2)o1)C(=O)O. The highest BCUT2D eigenvalue weighted by atomic mass is 16.5. The maximum atomic E-state index is 12.1. The fraction of sp³-hybridized carbons (Fsp3) is 0.643. The number of hydrogen-bond donors (Lipinski definition) is 6. The van der Waals surface area contributed by atoms with Crippen LogP contribution in [-0.2, 0) is 14.3 Å². The molecule has 0 aliphatic carbocycles. The second-order valence-corrected chi connectivity index (χ2v) is 5.96. The summed E-state index contributed by atoms with van der Waals surface area (Å²) in [6.45, 7) is 2.69. The van der Waals surface area contributed by atoms with E-state index in [9.17, 15) is 19.5 Å². The first-order chi connectivity index (χ1) is 12.8. The van der Waals surface area contributed by atoms with Crippen molar-refractivity contribution in [2.75, 3.05) is 19.8 Å². The molecule has 3 amide bonds. The molecule has 150 valence electrons. The minimum atomic E-state index is -1.54. The van der Waals surface area contributed by atoms with E-state index in [2.05, 4.69) is 26.1 Å². The summed E-state index contributed by atoms with van der Waals surface area (Å²) in [6.07, 6.45) is -1.69. The third-order valence-corrected chi connectivity index (χ3v) is 3.72. The summed E-state index contributed by atoms with van der Waals surface area (Å²) in [7, 11) is 0. The predicted octanol–water partition coefficient (Wildman–Crippen LogP) is -2.22. The van der Waals surface area contributed by atoms with Crippen LogP contribution >= 0.6 is 0 Å². The molecule has 27 heavy (non-hydrogen) atoms. The lowest BCUT2D eigenvalue weighted by molar-refractivity contribution is -0.141. The lowest BCUT2D eigenvalue weighted by Crippen LogP contribution is -2.52. The Morgan fingerprint density at radius 3 is 2.67 bits per heavy atom. The number of carbonyl (C=O) groups is 3. The van der Waals surface area contributed by atoms with Crippen LogP contribution in [0.4, 0.5) is 4.79 Å². The normalized spacial score (nSPS) is 20.3. The number of nitrogens with zero attached hydrogens (tertiary/aromatic N) is 2. The lowest BCUT2D eigenvalue weighted by atomic mass is 10.2. The summed E-state index contributed by atoms with van der Waals surface area (Å²) in [5.74, 6) is -2.02. The number of urea groups is 1. The van der Waals surface area contributed by atoms with Gasteiger partial charge in [-0.2, -0.15) is 0 Å². The first-order valence-electron chi connectivity index (χ1n) is 8.18. The molecule has 1 aliphatic rings. The Bertz CT molecular complexity index is 673. The number of carboxylic acid groups (broad SMARTS) is 1. The molecule has 1 aromatic rings. The zero-order valence-electron chi connectivity index (χ0n) is 14.5. The fourth-order valence-electron chi connectivity index (χ4n) is 2.38. The van der Waals surface area contributed by atoms with Gasteiger partial charge in [-0.1, -0.05) is 0 Å². The molecule has 2 heterocycles. The number of hydrogen-bond acceptors (Lipinski definition) is 9. The van der Waals surface area contributed by atoms with Crippen molar-refractivity contribution in [2.24, 2.45) is 5.73 Å². The van der Waals surface area contributed by atoms with Crippen LogP contribution in [0.3, 0.4) is 0 Å². The number of aliphatic carboxylic acids is 1. The largest absolute Gasteiger partial charge is 0.480 e. The number of carbonyl (C=O) groups excluding carboxylic acids is 2. The highest BCUT2D eigenvalue weighted by molar-refractivity contribution is 5.83. The van der Waals surface area contributed by atoms with Gasteiger partial charge in [0.05, 0.1) is 25.7 Å². The molecule has 4 atom stereocenters. The molecule has 0 aromatic carbocycles. The first kappa shape index (κ1) is 20.5. The van der Waals surface area contributed by atoms with Gasteiger partial charge in [0.25, 0.3) is 0 Å². The molecule has 1 aliphatic heterocycles. The van der Waals surface area contributed by atoms with E-state index in [1.165, 1.54) is 6.92 Å². The molecular weight excluding hydrogens is 364 g/mol. The average Bonchev–Trinajstić information content (AvgIpc) is 3.09. The summed E-state index contributed by atoms with van der Waals surface area (Å²) < 4.78 is 10.8. The van der Waals surface area contributed by atoms with Crippen LogP contribution in [0.15, 0.2) is 4.42 Å². The van der Waals surface area contributed by atoms with Gasteiger partial charge in [0.2, 0.25) is 17.7 Å². The van der Waals surface area contributed by atoms with E-state index in [0.717, 1.165) is 0 Å². The van der Waals surface area contributed by atoms with Crippen LogP contribution < -0.4 is 21.7 Å². The third kappa shape index (κ3) is 5.87. The molecule has 7 N–H and O–H groups in total. The number of morpholine rings is 1. The van der Waals surface area contributed by atoms with E-state index >= 15 is 0 Å². The van der Waals surface area contributed by atoms with Gasteiger partial charge in [0.1, 0.15) is 12.1 Å². The quantitative estimate of drug-likeness (QED) is 0.284. The number of amides is 3. The summed E-state index contributed by atoms with van der Waals surface area (Å²) in [4.78, 5) is 34.4. The number of ether oxygens (including phenoxy) is 1. The molecule has 1 unspecified atom stereocenters. The van der Waals surface area contributed by atoms with Gasteiger partial charge in [-0.15, -0.1) is 10.2 Å². The molecule has 0 bridgehead atoms. The smallest absolute Gasteiger partial charge is 0.328 e. The molecule has 1 fully saturated rings. The number of nitrogens with one attached hydrogen (secondary N) is 3. The first-order valence-corrected chi connectivity index (χ1v) is 8.18. The van der Waals surface area contributed by atoms with Crippen molar-refractivity contribution in [1.82, 2.24) is 26.1 Å². The molecule has 0 radical (unpaired) electrons. The fourth-order valence-corrected chi connectivity index (χ4v) is 2.38. The molecule has 13 heteroatoms. The molecule has 0 spiro atoms.